The highest BCUT2D eigenvalue weighted by atomic mass is 16.1. The highest BCUT2D eigenvalue weighted by Gasteiger charge is 1.90. The van der Waals surface area contributed by atoms with Gasteiger partial charge in [0.05, 0.1) is 5.70 Å². The minimum Gasteiger partial charge on any atom is -0.353 e. The van der Waals surface area contributed by atoms with Crippen LogP contribution in [0.1, 0.15) is 0 Å². The predicted molar refractivity (Wildman–Crippen MR) is 44.1 cm³/mol. The zero-order chi connectivity index (χ0) is 8.10. The van der Waals surface area contributed by atoms with Gasteiger partial charge in [-0.05, 0) is 6.07 Å². The van der Waals surface area contributed by atoms with E-state index < -0.39 is 0 Å². The van der Waals surface area contributed by atoms with E-state index in [1.807, 2.05) is 18.2 Å². The Morgan fingerprint density at radius 3 is 3.00 bits per heavy atom. The highest BCUT2D eigenvalue weighted by molar-refractivity contribution is 5.77. The standard InChI is InChI=1S/C9H8NO/c1-8(7-11)10-9-5-3-2-4-6-9/h2-5,7,10H,1H2. The topological polar surface area (TPSA) is 29.1 Å². The molecule has 0 saturated carbocycles. The first kappa shape index (κ1) is 7.54. The molecule has 1 rings (SSSR count). The van der Waals surface area contributed by atoms with Crippen LogP contribution < -0.4 is 5.32 Å². The molecule has 0 aliphatic heterocycles. The van der Waals surface area contributed by atoms with Gasteiger partial charge in [0.15, 0.2) is 6.29 Å². The zero-order valence-corrected chi connectivity index (χ0v) is 6.00. The summed E-state index contributed by atoms with van der Waals surface area (Å²) in [5.41, 5.74) is 1.09. The van der Waals surface area contributed by atoms with E-state index in [0.717, 1.165) is 5.69 Å². The van der Waals surface area contributed by atoms with Crippen LogP contribution in [0.15, 0.2) is 36.5 Å². The van der Waals surface area contributed by atoms with Crippen molar-refractivity contribution in [1.82, 2.24) is 0 Å². The van der Waals surface area contributed by atoms with Gasteiger partial charge in [-0.2, -0.15) is 0 Å². The van der Waals surface area contributed by atoms with E-state index in [0.29, 0.717) is 12.0 Å². The Balaban J connectivity index is 2.65. The monoisotopic (exact) mass is 146 g/mol. The molecular weight excluding hydrogens is 138 g/mol. The molecule has 1 N–H and O–H groups in total. The van der Waals surface area contributed by atoms with Crippen molar-refractivity contribution in [2.45, 2.75) is 0 Å². The molecule has 0 amide bonds. The first-order valence-electron chi connectivity index (χ1n) is 3.21. The van der Waals surface area contributed by atoms with E-state index in [4.69, 9.17) is 0 Å². The fourth-order valence-electron chi connectivity index (χ4n) is 0.674. The van der Waals surface area contributed by atoms with Crippen LogP contribution in [-0.2, 0) is 4.79 Å². The Labute approximate surface area is 65.5 Å². The number of nitrogens with one attached hydrogen (secondary N) is 1. The summed E-state index contributed by atoms with van der Waals surface area (Å²) in [7, 11) is 0. The maximum absolute atomic E-state index is 10.1. The number of aldehydes is 1. The quantitative estimate of drug-likeness (QED) is 0.518. The van der Waals surface area contributed by atoms with Gasteiger partial charge in [-0.15, -0.1) is 0 Å². The summed E-state index contributed by atoms with van der Waals surface area (Å²) in [5, 5.41) is 2.77. The van der Waals surface area contributed by atoms with Crippen LogP contribution in [0.2, 0.25) is 0 Å². The Bertz CT molecular complexity index is 254. The Hall–Kier alpha value is -1.57. The molecule has 0 fully saturated rings. The van der Waals surface area contributed by atoms with E-state index in [9.17, 15) is 4.79 Å². The minimum absolute atomic E-state index is 0.340. The van der Waals surface area contributed by atoms with E-state index in [2.05, 4.69) is 18.0 Å². The molecule has 0 aromatic heterocycles. The number of rotatable bonds is 3. The van der Waals surface area contributed by atoms with Crippen LogP contribution in [0.25, 0.3) is 0 Å². The molecule has 0 aliphatic carbocycles. The minimum atomic E-state index is 0.340. The van der Waals surface area contributed by atoms with Crippen LogP contribution in [0.4, 0.5) is 5.69 Å². The van der Waals surface area contributed by atoms with Crippen molar-refractivity contribution in [3.05, 3.63) is 42.6 Å². The molecule has 11 heavy (non-hydrogen) atoms. The summed E-state index contributed by atoms with van der Waals surface area (Å²) in [5.74, 6) is 0. The molecule has 0 bridgehead atoms. The van der Waals surface area contributed by atoms with Crippen LogP contribution in [0.5, 0.6) is 0 Å². The summed E-state index contributed by atoms with van der Waals surface area (Å²) in [6.45, 7) is 3.47. The fraction of sp³-hybridized carbons (Fsp3) is 0. The lowest BCUT2D eigenvalue weighted by Crippen LogP contribution is -1.97. The molecule has 0 unspecified atom stereocenters. The maximum Gasteiger partial charge on any atom is 0.165 e. The first-order valence-corrected chi connectivity index (χ1v) is 3.21. The van der Waals surface area contributed by atoms with Gasteiger partial charge in [0.2, 0.25) is 0 Å². The average Bonchev–Trinajstić information content (AvgIpc) is 2.06. The average molecular weight is 146 g/mol. The lowest BCUT2D eigenvalue weighted by atomic mass is 10.3. The highest BCUT2D eigenvalue weighted by Crippen LogP contribution is 2.05. The Morgan fingerprint density at radius 1 is 1.64 bits per heavy atom. The maximum atomic E-state index is 10.1. The zero-order valence-electron chi connectivity index (χ0n) is 6.00. The number of benzene rings is 1. The van der Waals surface area contributed by atoms with E-state index in [1.54, 1.807) is 6.07 Å². The van der Waals surface area contributed by atoms with Crippen LogP contribution in [0.3, 0.4) is 0 Å². The Morgan fingerprint density at radius 2 is 2.45 bits per heavy atom. The lowest BCUT2D eigenvalue weighted by molar-refractivity contribution is -0.104. The number of allylic oxidation sites excluding steroid dienone is 1. The number of hydrogen-bond acceptors (Lipinski definition) is 2. The summed E-state index contributed by atoms with van der Waals surface area (Å²) in [4.78, 5) is 10.1. The van der Waals surface area contributed by atoms with Crippen LogP contribution in [-0.4, -0.2) is 6.29 Å². The number of anilines is 1. The van der Waals surface area contributed by atoms with Crippen LogP contribution >= 0.6 is 0 Å². The van der Waals surface area contributed by atoms with E-state index in [-0.39, 0.29) is 0 Å². The van der Waals surface area contributed by atoms with Crippen molar-refractivity contribution >= 4 is 12.0 Å². The summed E-state index contributed by atoms with van der Waals surface area (Å²) in [6, 6.07) is 10.2. The fourth-order valence-corrected chi connectivity index (χ4v) is 0.674. The molecule has 0 heterocycles. The smallest absolute Gasteiger partial charge is 0.165 e. The van der Waals surface area contributed by atoms with Gasteiger partial charge in [-0.25, -0.2) is 0 Å². The SMILES string of the molecule is C=C(C=O)Nc1[c]cccc1. The van der Waals surface area contributed by atoms with Gasteiger partial charge in [0.25, 0.3) is 0 Å². The number of hydrogen-bond donors (Lipinski definition) is 1. The largest absolute Gasteiger partial charge is 0.353 e. The van der Waals surface area contributed by atoms with Gasteiger partial charge in [0.1, 0.15) is 0 Å². The second-order valence-corrected chi connectivity index (χ2v) is 2.04. The normalized spacial score (nSPS) is 8.73. The third-order valence-corrected chi connectivity index (χ3v) is 1.15. The molecule has 0 saturated heterocycles. The molecule has 0 atom stereocenters. The van der Waals surface area contributed by atoms with E-state index >= 15 is 0 Å². The molecule has 0 spiro atoms. The summed E-state index contributed by atoms with van der Waals surface area (Å²) in [6.07, 6.45) is 0.668. The van der Waals surface area contributed by atoms with Gasteiger partial charge in [-0.1, -0.05) is 24.8 Å². The van der Waals surface area contributed by atoms with Gasteiger partial charge in [0, 0.05) is 11.8 Å². The molecule has 0 aliphatic rings. The molecule has 1 aromatic carbocycles. The summed E-state index contributed by atoms with van der Waals surface area (Å²) >= 11 is 0. The molecular formula is C9H8NO. The third-order valence-electron chi connectivity index (χ3n) is 1.15. The van der Waals surface area contributed by atoms with Crippen LogP contribution in [0, 0.1) is 6.07 Å². The Kier molecular flexibility index (Phi) is 2.44. The van der Waals surface area contributed by atoms with Crippen molar-refractivity contribution in [2.75, 3.05) is 5.32 Å². The number of carbonyl (C=O) groups is 1. The molecule has 55 valence electrons. The van der Waals surface area contributed by atoms with Gasteiger partial charge < -0.3 is 5.32 Å². The predicted octanol–water partition coefficient (Wildman–Crippen LogP) is 1.61. The molecule has 1 radical (unpaired) electrons. The van der Waals surface area contributed by atoms with Crippen molar-refractivity contribution in [3.63, 3.8) is 0 Å². The summed E-state index contributed by atoms with van der Waals surface area (Å²) < 4.78 is 0. The first-order chi connectivity index (χ1) is 5.33. The van der Waals surface area contributed by atoms with Crippen molar-refractivity contribution in [3.8, 4) is 0 Å². The molecule has 2 nitrogen and oxygen atoms in total. The van der Waals surface area contributed by atoms with Gasteiger partial charge in [-0.3, -0.25) is 4.79 Å². The second kappa shape index (κ2) is 3.56. The second-order valence-electron chi connectivity index (χ2n) is 2.04. The lowest BCUT2D eigenvalue weighted by Gasteiger charge is -2.00. The molecule has 2 heteroatoms. The number of carbonyl (C=O) groups excluding carboxylic acids is 1. The van der Waals surface area contributed by atoms with E-state index in [1.165, 1.54) is 0 Å². The molecule has 1 aromatic rings. The van der Waals surface area contributed by atoms with Gasteiger partial charge >= 0.3 is 0 Å². The van der Waals surface area contributed by atoms with Crippen molar-refractivity contribution < 1.29 is 4.79 Å². The van der Waals surface area contributed by atoms with Crippen molar-refractivity contribution in [2.24, 2.45) is 0 Å². The number of para-hydroxylation sites is 1. The third kappa shape index (κ3) is 2.26. The van der Waals surface area contributed by atoms with Crippen molar-refractivity contribution in [1.29, 1.82) is 0 Å².